The Morgan fingerprint density at radius 2 is 1.66 bits per heavy atom. The van der Waals surface area contributed by atoms with Crippen LogP contribution in [-0.4, -0.2) is 27.7 Å². The molecule has 1 amide bonds. The molecule has 0 fully saturated rings. The lowest BCUT2D eigenvalue weighted by Crippen LogP contribution is -2.16. The number of methoxy groups -OCH3 is 1. The van der Waals surface area contributed by atoms with Crippen molar-refractivity contribution in [2.75, 3.05) is 12.4 Å². The van der Waals surface area contributed by atoms with Crippen LogP contribution in [0, 0.1) is 17.0 Å². The summed E-state index contributed by atoms with van der Waals surface area (Å²) in [6.45, 7) is 1.97. The summed E-state index contributed by atoms with van der Waals surface area (Å²) in [5.74, 6) is 0.354. The minimum atomic E-state index is -0.458. The number of aromatic nitrogens is 2. The second-order valence-corrected chi connectivity index (χ2v) is 7.15. The van der Waals surface area contributed by atoms with E-state index >= 15 is 0 Å². The molecule has 8 nitrogen and oxygen atoms in total. The van der Waals surface area contributed by atoms with E-state index in [2.05, 4.69) is 10.4 Å². The molecule has 3 aromatic carbocycles. The van der Waals surface area contributed by atoms with E-state index in [0.717, 1.165) is 5.56 Å². The first-order valence-corrected chi connectivity index (χ1v) is 9.82. The summed E-state index contributed by atoms with van der Waals surface area (Å²) in [5, 5.41) is 18.4. The molecule has 8 heteroatoms. The first-order chi connectivity index (χ1) is 15.4. The summed E-state index contributed by atoms with van der Waals surface area (Å²) >= 11 is 0. The SMILES string of the molecule is COc1ccc(-n2nc(-c3ccc([N+](=O)[O-])cc3)cc2C(=O)Nc2ccc(C)cc2)cc1. The minimum Gasteiger partial charge on any atom is -0.497 e. The zero-order valence-electron chi connectivity index (χ0n) is 17.5. The highest BCUT2D eigenvalue weighted by Crippen LogP contribution is 2.25. The van der Waals surface area contributed by atoms with Gasteiger partial charge in [-0.2, -0.15) is 5.10 Å². The highest BCUT2D eigenvalue weighted by Gasteiger charge is 2.19. The average molecular weight is 428 g/mol. The number of nitro benzene ring substituents is 1. The van der Waals surface area contributed by atoms with Gasteiger partial charge in [-0.1, -0.05) is 17.7 Å². The Balaban J connectivity index is 1.74. The van der Waals surface area contributed by atoms with Gasteiger partial charge in [0.15, 0.2) is 0 Å². The molecule has 0 aliphatic rings. The van der Waals surface area contributed by atoms with E-state index in [1.165, 1.54) is 12.1 Å². The summed E-state index contributed by atoms with van der Waals surface area (Å²) in [7, 11) is 1.58. The van der Waals surface area contributed by atoms with E-state index in [1.54, 1.807) is 54.3 Å². The largest absolute Gasteiger partial charge is 0.497 e. The predicted molar refractivity (Wildman–Crippen MR) is 121 cm³/mol. The molecule has 0 saturated heterocycles. The normalized spacial score (nSPS) is 10.6. The Hall–Kier alpha value is -4.46. The van der Waals surface area contributed by atoms with Crippen molar-refractivity contribution in [2.45, 2.75) is 6.92 Å². The van der Waals surface area contributed by atoms with Gasteiger partial charge in [-0.25, -0.2) is 4.68 Å². The maximum Gasteiger partial charge on any atom is 0.274 e. The van der Waals surface area contributed by atoms with E-state index in [9.17, 15) is 14.9 Å². The van der Waals surface area contributed by atoms with E-state index in [4.69, 9.17) is 4.74 Å². The number of non-ortho nitro benzene ring substituents is 1. The molecule has 1 heterocycles. The number of hydrogen-bond acceptors (Lipinski definition) is 5. The smallest absolute Gasteiger partial charge is 0.274 e. The Morgan fingerprint density at radius 1 is 1.00 bits per heavy atom. The van der Waals surface area contributed by atoms with Crippen molar-refractivity contribution in [3.8, 4) is 22.7 Å². The first kappa shape index (κ1) is 20.8. The zero-order valence-corrected chi connectivity index (χ0v) is 17.5. The van der Waals surface area contributed by atoms with Crippen molar-refractivity contribution in [2.24, 2.45) is 0 Å². The highest BCUT2D eigenvalue weighted by atomic mass is 16.6. The molecule has 0 radical (unpaired) electrons. The number of hydrogen-bond donors (Lipinski definition) is 1. The fraction of sp³-hybridized carbons (Fsp3) is 0.0833. The third-order valence-corrected chi connectivity index (χ3v) is 4.94. The molecule has 0 bridgehead atoms. The van der Waals surface area contributed by atoms with Crippen molar-refractivity contribution >= 4 is 17.3 Å². The van der Waals surface area contributed by atoms with Gasteiger partial charge in [0.2, 0.25) is 0 Å². The van der Waals surface area contributed by atoms with Crippen LogP contribution >= 0.6 is 0 Å². The lowest BCUT2D eigenvalue weighted by Gasteiger charge is -2.09. The molecule has 160 valence electrons. The van der Waals surface area contributed by atoms with E-state index in [1.807, 2.05) is 31.2 Å². The van der Waals surface area contributed by atoms with Crippen molar-refractivity contribution in [1.82, 2.24) is 9.78 Å². The number of rotatable bonds is 6. The highest BCUT2D eigenvalue weighted by molar-refractivity contribution is 6.04. The maximum absolute atomic E-state index is 13.1. The Bertz CT molecular complexity index is 1260. The topological polar surface area (TPSA) is 99.3 Å². The lowest BCUT2D eigenvalue weighted by atomic mass is 10.1. The third-order valence-electron chi connectivity index (χ3n) is 4.94. The molecular weight excluding hydrogens is 408 g/mol. The second-order valence-electron chi connectivity index (χ2n) is 7.15. The van der Waals surface area contributed by atoms with Gasteiger partial charge in [0, 0.05) is 23.4 Å². The number of amides is 1. The number of nitrogens with zero attached hydrogens (tertiary/aromatic N) is 3. The van der Waals surface area contributed by atoms with Crippen LogP contribution in [0.5, 0.6) is 5.75 Å². The molecule has 0 saturated carbocycles. The number of nitrogens with one attached hydrogen (secondary N) is 1. The molecule has 1 N–H and O–H groups in total. The average Bonchev–Trinajstić information content (AvgIpc) is 3.26. The van der Waals surface area contributed by atoms with Crippen LogP contribution in [0.1, 0.15) is 16.1 Å². The molecule has 0 aliphatic carbocycles. The fourth-order valence-electron chi connectivity index (χ4n) is 3.19. The summed E-state index contributed by atoms with van der Waals surface area (Å²) in [4.78, 5) is 23.6. The number of ether oxygens (including phenoxy) is 1. The lowest BCUT2D eigenvalue weighted by molar-refractivity contribution is -0.384. The van der Waals surface area contributed by atoms with E-state index < -0.39 is 4.92 Å². The predicted octanol–water partition coefficient (Wildman–Crippen LogP) is 5.02. The van der Waals surface area contributed by atoms with Gasteiger partial charge in [0.05, 0.1) is 23.4 Å². The van der Waals surface area contributed by atoms with E-state index in [0.29, 0.717) is 34.1 Å². The van der Waals surface area contributed by atoms with Gasteiger partial charge in [-0.05, 0) is 61.5 Å². The van der Waals surface area contributed by atoms with Gasteiger partial charge >= 0.3 is 0 Å². The summed E-state index contributed by atoms with van der Waals surface area (Å²) < 4.78 is 6.75. The standard InChI is InChI=1S/C24H20N4O4/c1-16-3-7-18(8-4-16)25-24(29)23-15-22(17-5-9-20(10-6-17)28(30)31)26-27(23)19-11-13-21(32-2)14-12-19/h3-15H,1-2H3,(H,25,29). The van der Waals surface area contributed by atoms with Crippen molar-refractivity contribution in [3.63, 3.8) is 0 Å². The van der Waals surface area contributed by atoms with Gasteiger partial charge in [0.1, 0.15) is 11.4 Å². The molecule has 32 heavy (non-hydrogen) atoms. The number of anilines is 1. The van der Waals surface area contributed by atoms with Gasteiger partial charge in [-0.3, -0.25) is 14.9 Å². The Labute approximate surface area is 184 Å². The van der Waals surface area contributed by atoms with E-state index in [-0.39, 0.29) is 11.6 Å². The van der Waals surface area contributed by atoms with Crippen LogP contribution in [0.4, 0.5) is 11.4 Å². The van der Waals surface area contributed by atoms with Crippen molar-refractivity contribution in [3.05, 3.63) is 100 Å². The first-order valence-electron chi connectivity index (χ1n) is 9.82. The fourth-order valence-corrected chi connectivity index (χ4v) is 3.19. The monoisotopic (exact) mass is 428 g/mol. The van der Waals surface area contributed by atoms with Crippen LogP contribution in [-0.2, 0) is 0 Å². The van der Waals surface area contributed by atoms with Crippen LogP contribution in [0.25, 0.3) is 16.9 Å². The van der Waals surface area contributed by atoms with Gasteiger partial charge in [0.25, 0.3) is 11.6 Å². The molecule has 1 aromatic heterocycles. The van der Waals surface area contributed by atoms with Crippen molar-refractivity contribution in [1.29, 1.82) is 0 Å². The number of carbonyl (C=O) groups is 1. The summed E-state index contributed by atoms with van der Waals surface area (Å²) in [5.41, 5.74) is 3.92. The molecule has 4 rings (SSSR count). The molecule has 0 atom stereocenters. The third kappa shape index (κ3) is 4.34. The van der Waals surface area contributed by atoms with Crippen molar-refractivity contribution < 1.29 is 14.5 Å². The molecular formula is C24H20N4O4. The molecule has 0 spiro atoms. The summed E-state index contributed by atoms with van der Waals surface area (Å²) in [6, 6.07) is 22.4. The van der Waals surface area contributed by atoms with Crippen LogP contribution in [0.15, 0.2) is 78.9 Å². The zero-order chi connectivity index (χ0) is 22.7. The second kappa shape index (κ2) is 8.73. The quantitative estimate of drug-likeness (QED) is 0.343. The van der Waals surface area contributed by atoms with Gasteiger partial charge < -0.3 is 10.1 Å². The van der Waals surface area contributed by atoms with Crippen LogP contribution < -0.4 is 10.1 Å². The number of benzene rings is 3. The van der Waals surface area contributed by atoms with Crippen LogP contribution in [0.3, 0.4) is 0 Å². The maximum atomic E-state index is 13.1. The number of carbonyl (C=O) groups excluding carboxylic acids is 1. The summed E-state index contributed by atoms with van der Waals surface area (Å²) in [6.07, 6.45) is 0. The van der Waals surface area contributed by atoms with Gasteiger partial charge in [-0.15, -0.1) is 0 Å². The molecule has 0 aliphatic heterocycles. The Kier molecular flexibility index (Phi) is 5.67. The number of nitro groups is 1. The van der Waals surface area contributed by atoms with Crippen LogP contribution in [0.2, 0.25) is 0 Å². The molecule has 4 aromatic rings. The minimum absolute atomic E-state index is 0.0133. The number of aryl methyl sites for hydroxylation is 1. The Morgan fingerprint density at radius 3 is 2.25 bits per heavy atom. The molecule has 0 unspecified atom stereocenters.